The van der Waals surface area contributed by atoms with Crippen molar-refractivity contribution < 1.29 is 32.6 Å². The van der Waals surface area contributed by atoms with Crippen LogP contribution in [0, 0.1) is 0 Å². The summed E-state index contributed by atoms with van der Waals surface area (Å²) in [5.74, 6) is -1.97. The number of carbonyl (C=O) groups excluding carboxylic acids is 1. The number of halogens is 4. The van der Waals surface area contributed by atoms with Crippen LogP contribution in [-0.4, -0.2) is 24.0 Å². The van der Waals surface area contributed by atoms with Crippen molar-refractivity contribution in [3.63, 3.8) is 0 Å². The number of carbonyl (C=O) groups is 2. The number of ether oxygens (including phenoxy) is 1. The summed E-state index contributed by atoms with van der Waals surface area (Å²) >= 11 is 5.67. The average Bonchev–Trinajstić information content (AvgIpc) is 2.56. The molecule has 26 heavy (non-hydrogen) atoms. The zero-order valence-corrected chi connectivity index (χ0v) is 13.7. The van der Waals surface area contributed by atoms with Gasteiger partial charge in [-0.3, -0.25) is 4.79 Å². The molecule has 2 aromatic rings. The van der Waals surface area contributed by atoms with Crippen molar-refractivity contribution in [2.45, 2.75) is 6.18 Å². The Hall–Kier alpha value is -2.94. The highest BCUT2D eigenvalue weighted by molar-refractivity contribution is 6.31. The molecule has 1 aliphatic heterocycles. The van der Waals surface area contributed by atoms with Crippen LogP contribution in [0.1, 0.15) is 26.3 Å². The lowest BCUT2D eigenvalue weighted by Crippen LogP contribution is -2.19. The molecule has 6 nitrogen and oxygen atoms in total. The Morgan fingerprint density at radius 2 is 1.88 bits per heavy atom. The highest BCUT2D eigenvalue weighted by Crippen LogP contribution is 2.48. The molecule has 0 fully saturated rings. The number of benzene rings is 2. The summed E-state index contributed by atoms with van der Waals surface area (Å²) in [6.45, 7) is 0. The second kappa shape index (κ2) is 6.10. The third-order valence-electron chi connectivity index (χ3n) is 3.68. The van der Waals surface area contributed by atoms with Crippen LogP contribution in [0.15, 0.2) is 24.3 Å². The minimum atomic E-state index is -4.69. The SMILES string of the molecule is CNC(=O)c1cc2c(c(C(=O)O)c1)Nc1cc(C(F)(F)F)c(Cl)cc1O2. The van der Waals surface area contributed by atoms with Crippen molar-refractivity contribution in [3.05, 3.63) is 46.0 Å². The summed E-state index contributed by atoms with van der Waals surface area (Å²) in [6.07, 6.45) is -4.69. The molecule has 0 saturated carbocycles. The molecule has 0 saturated heterocycles. The van der Waals surface area contributed by atoms with Crippen LogP contribution in [0.3, 0.4) is 0 Å². The minimum absolute atomic E-state index is 0.0203. The highest BCUT2D eigenvalue weighted by Gasteiger charge is 2.35. The molecule has 2 aromatic carbocycles. The number of carboxylic acids is 1. The van der Waals surface area contributed by atoms with Crippen LogP contribution in [-0.2, 0) is 6.18 Å². The number of alkyl halides is 3. The molecule has 1 aliphatic rings. The van der Waals surface area contributed by atoms with Crippen LogP contribution in [0.25, 0.3) is 0 Å². The molecule has 1 amide bonds. The van der Waals surface area contributed by atoms with Gasteiger partial charge >= 0.3 is 12.1 Å². The van der Waals surface area contributed by atoms with Crippen molar-refractivity contribution in [3.8, 4) is 11.5 Å². The topological polar surface area (TPSA) is 87.7 Å². The number of aromatic carboxylic acids is 1. The molecule has 3 N–H and O–H groups in total. The molecule has 0 spiro atoms. The molecule has 1 heterocycles. The third kappa shape index (κ3) is 3.01. The lowest BCUT2D eigenvalue weighted by molar-refractivity contribution is -0.137. The van der Waals surface area contributed by atoms with Gasteiger partial charge in [-0.2, -0.15) is 13.2 Å². The Morgan fingerprint density at radius 1 is 1.19 bits per heavy atom. The number of carboxylic acid groups (broad SMARTS) is 1. The lowest BCUT2D eigenvalue weighted by Gasteiger charge is -2.25. The van der Waals surface area contributed by atoms with Crippen LogP contribution >= 0.6 is 11.6 Å². The van der Waals surface area contributed by atoms with Gasteiger partial charge in [0.15, 0.2) is 11.5 Å². The summed E-state index contributed by atoms with van der Waals surface area (Å²) in [5.41, 5.74) is -1.55. The standard InChI is InChI=1S/C16H10ClF3N2O4/c1-21-14(23)6-2-7(15(24)25)13-12(3-6)26-11-5-9(17)8(16(18,19)20)4-10(11)22-13/h2-5,22H,1H3,(H,21,23)(H,24,25). The van der Waals surface area contributed by atoms with Gasteiger partial charge in [0.2, 0.25) is 0 Å². The Kier molecular flexibility index (Phi) is 4.19. The van der Waals surface area contributed by atoms with Gasteiger partial charge in [0.25, 0.3) is 5.91 Å². The summed E-state index contributed by atoms with van der Waals surface area (Å²) < 4.78 is 44.5. The summed E-state index contributed by atoms with van der Waals surface area (Å²) in [4.78, 5) is 23.3. The molecule has 0 aromatic heterocycles. The quantitative estimate of drug-likeness (QED) is 0.612. The van der Waals surface area contributed by atoms with Crippen molar-refractivity contribution in [1.82, 2.24) is 5.32 Å². The maximum absolute atomic E-state index is 13.0. The molecular weight excluding hydrogens is 377 g/mol. The number of nitrogens with one attached hydrogen (secondary N) is 2. The van der Waals surface area contributed by atoms with E-state index < -0.39 is 28.6 Å². The van der Waals surface area contributed by atoms with E-state index in [4.69, 9.17) is 16.3 Å². The fraction of sp³-hybridized carbons (Fsp3) is 0.125. The van der Waals surface area contributed by atoms with E-state index >= 15 is 0 Å². The molecular formula is C16H10ClF3N2O4. The molecule has 10 heteroatoms. The molecule has 0 radical (unpaired) electrons. The fourth-order valence-corrected chi connectivity index (χ4v) is 2.74. The van der Waals surface area contributed by atoms with E-state index in [1.165, 1.54) is 13.1 Å². The monoisotopic (exact) mass is 386 g/mol. The van der Waals surface area contributed by atoms with Crippen molar-refractivity contribution in [1.29, 1.82) is 0 Å². The first-order chi connectivity index (χ1) is 12.1. The smallest absolute Gasteiger partial charge is 0.417 e. The third-order valence-corrected chi connectivity index (χ3v) is 3.99. The molecule has 0 bridgehead atoms. The summed E-state index contributed by atoms with van der Waals surface area (Å²) in [7, 11) is 1.37. The van der Waals surface area contributed by atoms with Crippen molar-refractivity contribution >= 4 is 34.9 Å². The maximum Gasteiger partial charge on any atom is 0.417 e. The van der Waals surface area contributed by atoms with Gasteiger partial charge in [-0.25, -0.2) is 4.79 Å². The first-order valence-corrected chi connectivity index (χ1v) is 7.48. The van der Waals surface area contributed by atoms with Gasteiger partial charge in [0.05, 0.1) is 27.5 Å². The molecule has 136 valence electrons. The van der Waals surface area contributed by atoms with Gasteiger partial charge in [-0.05, 0) is 18.2 Å². The number of hydrogen-bond donors (Lipinski definition) is 3. The zero-order chi connectivity index (χ0) is 19.2. The Balaban J connectivity index is 2.15. The van der Waals surface area contributed by atoms with Gasteiger partial charge in [-0.15, -0.1) is 0 Å². The van der Waals surface area contributed by atoms with E-state index in [1.807, 2.05) is 0 Å². The lowest BCUT2D eigenvalue weighted by atomic mass is 10.0. The number of rotatable bonds is 2. The van der Waals surface area contributed by atoms with E-state index in [2.05, 4.69) is 10.6 Å². The largest absolute Gasteiger partial charge is 0.478 e. The highest BCUT2D eigenvalue weighted by atomic mass is 35.5. The average molecular weight is 387 g/mol. The number of hydrogen-bond acceptors (Lipinski definition) is 4. The minimum Gasteiger partial charge on any atom is -0.478 e. The van der Waals surface area contributed by atoms with Gasteiger partial charge in [-0.1, -0.05) is 11.6 Å². The molecule has 3 rings (SSSR count). The number of anilines is 2. The van der Waals surface area contributed by atoms with E-state index in [9.17, 15) is 27.9 Å². The van der Waals surface area contributed by atoms with Gasteiger partial charge in [0, 0.05) is 18.7 Å². The van der Waals surface area contributed by atoms with Crippen LogP contribution in [0.4, 0.5) is 24.5 Å². The predicted octanol–water partition coefficient (Wildman–Crippen LogP) is 4.27. The summed E-state index contributed by atoms with van der Waals surface area (Å²) in [5, 5.41) is 13.8. The Bertz CT molecular complexity index is 944. The van der Waals surface area contributed by atoms with Gasteiger partial charge < -0.3 is 20.5 Å². The molecule has 0 atom stereocenters. The van der Waals surface area contributed by atoms with Crippen LogP contribution < -0.4 is 15.4 Å². The van der Waals surface area contributed by atoms with Crippen molar-refractivity contribution in [2.75, 3.05) is 12.4 Å². The van der Waals surface area contributed by atoms with Crippen LogP contribution in [0.2, 0.25) is 5.02 Å². The maximum atomic E-state index is 13.0. The zero-order valence-electron chi connectivity index (χ0n) is 13.0. The molecule has 0 unspecified atom stereocenters. The second-order valence-electron chi connectivity index (χ2n) is 5.33. The summed E-state index contributed by atoms with van der Waals surface area (Å²) in [6, 6.07) is 4.09. The first-order valence-electron chi connectivity index (χ1n) is 7.11. The van der Waals surface area contributed by atoms with Crippen LogP contribution in [0.5, 0.6) is 11.5 Å². The Morgan fingerprint density at radius 3 is 2.46 bits per heavy atom. The second-order valence-corrected chi connectivity index (χ2v) is 5.74. The fourth-order valence-electron chi connectivity index (χ4n) is 2.48. The van der Waals surface area contributed by atoms with Crippen molar-refractivity contribution in [2.24, 2.45) is 0 Å². The van der Waals surface area contributed by atoms with E-state index in [-0.39, 0.29) is 34.0 Å². The van der Waals surface area contributed by atoms with E-state index in [1.54, 1.807) is 0 Å². The first kappa shape index (κ1) is 17.9. The van der Waals surface area contributed by atoms with Gasteiger partial charge in [0.1, 0.15) is 0 Å². The number of amides is 1. The number of fused-ring (bicyclic) bond motifs is 2. The molecule has 0 aliphatic carbocycles. The normalized spacial score (nSPS) is 12.3. The predicted molar refractivity (Wildman–Crippen MR) is 86.6 cm³/mol. The van der Waals surface area contributed by atoms with E-state index in [0.717, 1.165) is 18.2 Å². The Labute approximate surface area is 149 Å². The van der Waals surface area contributed by atoms with E-state index in [0.29, 0.717) is 0 Å².